The minimum atomic E-state index is -0.432. The number of nitrogens with two attached hydrogens (primary N) is 1. The molecule has 3 rings (SSSR count). The van der Waals surface area contributed by atoms with Crippen molar-refractivity contribution in [1.82, 2.24) is 9.97 Å². The smallest absolute Gasteiger partial charge is 0.227 e. The molecular weight excluding hydrogens is 264 g/mol. The largest absolute Gasteiger partial charge is 0.369 e. The predicted molar refractivity (Wildman–Crippen MR) is 73.1 cm³/mol. The SMILES string of the molecule is NC(=O)C1CC(=O)N(c2ccc3[nH]c(=S)[nH]c3c2)C1. The van der Waals surface area contributed by atoms with Crippen molar-refractivity contribution in [2.75, 3.05) is 11.4 Å². The monoisotopic (exact) mass is 276 g/mol. The first-order valence-corrected chi connectivity index (χ1v) is 6.27. The third-order valence-corrected chi connectivity index (χ3v) is 3.54. The Morgan fingerprint density at radius 2 is 2.11 bits per heavy atom. The van der Waals surface area contributed by atoms with Gasteiger partial charge in [0.15, 0.2) is 4.77 Å². The van der Waals surface area contributed by atoms with Crippen LogP contribution in [-0.4, -0.2) is 28.3 Å². The fourth-order valence-electron chi connectivity index (χ4n) is 2.34. The molecule has 0 aliphatic carbocycles. The number of imidazole rings is 1. The minimum absolute atomic E-state index is 0.0858. The number of amides is 2. The second-order valence-electron chi connectivity index (χ2n) is 4.62. The second kappa shape index (κ2) is 4.20. The third kappa shape index (κ3) is 2.01. The lowest BCUT2D eigenvalue weighted by Crippen LogP contribution is -2.28. The maximum absolute atomic E-state index is 11.9. The van der Waals surface area contributed by atoms with Crippen molar-refractivity contribution in [2.24, 2.45) is 11.7 Å². The van der Waals surface area contributed by atoms with Crippen LogP contribution in [0.3, 0.4) is 0 Å². The lowest BCUT2D eigenvalue weighted by Gasteiger charge is -2.16. The summed E-state index contributed by atoms with van der Waals surface area (Å²) in [5, 5.41) is 0. The molecule has 2 amide bonds. The van der Waals surface area contributed by atoms with Gasteiger partial charge in [-0.3, -0.25) is 9.59 Å². The van der Waals surface area contributed by atoms with Gasteiger partial charge in [-0.05, 0) is 30.4 Å². The Bertz CT molecular complexity index is 733. The molecule has 1 aliphatic heterocycles. The van der Waals surface area contributed by atoms with E-state index in [1.54, 1.807) is 4.90 Å². The van der Waals surface area contributed by atoms with Crippen LogP contribution >= 0.6 is 12.2 Å². The summed E-state index contributed by atoms with van der Waals surface area (Å²) in [6.45, 7) is 0.338. The Kier molecular flexibility index (Phi) is 2.63. The predicted octanol–water partition coefficient (Wildman–Crippen LogP) is 1.06. The van der Waals surface area contributed by atoms with Gasteiger partial charge in [0, 0.05) is 18.7 Å². The van der Waals surface area contributed by atoms with Crippen LogP contribution in [0.15, 0.2) is 18.2 Å². The number of rotatable bonds is 2. The molecule has 2 aromatic rings. The molecule has 0 saturated carbocycles. The van der Waals surface area contributed by atoms with Gasteiger partial charge in [0.1, 0.15) is 0 Å². The van der Waals surface area contributed by atoms with Crippen LogP contribution in [0.25, 0.3) is 11.0 Å². The van der Waals surface area contributed by atoms with Gasteiger partial charge in [-0.2, -0.15) is 0 Å². The average molecular weight is 276 g/mol. The summed E-state index contributed by atoms with van der Waals surface area (Å²) >= 11 is 5.01. The lowest BCUT2D eigenvalue weighted by atomic mass is 10.1. The van der Waals surface area contributed by atoms with Gasteiger partial charge in [0.25, 0.3) is 0 Å². The van der Waals surface area contributed by atoms with E-state index >= 15 is 0 Å². The molecule has 1 fully saturated rings. The van der Waals surface area contributed by atoms with Crippen LogP contribution in [0.5, 0.6) is 0 Å². The molecule has 98 valence electrons. The summed E-state index contributed by atoms with van der Waals surface area (Å²) in [5.41, 5.74) is 7.71. The van der Waals surface area contributed by atoms with Gasteiger partial charge < -0.3 is 20.6 Å². The molecule has 1 unspecified atom stereocenters. The van der Waals surface area contributed by atoms with Crippen molar-refractivity contribution in [3.63, 3.8) is 0 Å². The van der Waals surface area contributed by atoms with Crippen molar-refractivity contribution < 1.29 is 9.59 Å². The van der Waals surface area contributed by atoms with Gasteiger partial charge >= 0.3 is 0 Å². The van der Waals surface area contributed by atoms with Crippen molar-refractivity contribution in [3.8, 4) is 0 Å². The first-order chi connectivity index (χ1) is 9.04. The fourth-order valence-corrected chi connectivity index (χ4v) is 2.56. The zero-order chi connectivity index (χ0) is 13.6. The topological polar surface area (TPSA) is 95.0 Å². The van der Waals surface area contributed by atoms with Crippen LogP contribution in [0, 0.1) is 10.7 Å². The van der Waals surface area contributed by atoms with Gasteiger partial charge in [-0.1, -0.05) is 0 Å². The number of aromatic nitrogens is 2. The van der Waals surface area contributed by atoms with E-state index in [1.807, 2.05) is 18.2 Å². The zero-order valence-corrected chi connectivity index (χ0v) is 10.8. The zero-order valence-electron chi connectivity index (χ0n) is 9.97. The molecule has 0 spiro atoms. The van der Waals surface area contributed by atoms with E-state index in [0.29, 0.717) is 11.3 Å². The first-order valence-electron chi connectivity index (χ1n) is 5.86. The molecule has 7 heteroatoms. The summed E-state index contributed by atoms with van der Waals surface area (Å²) in [7, 11) is 0. The van der Waals surface area contributed by atoms with E-state index < -0.39 is 11.8 Å². The van der Waals surface area contributed by atoms with Gasteiger partial charge in [-0.15, -0.1) is 0 Å². The van der Waals surface area contributed by atoms with Gasteiger partial charge in [0.05, 0.1) is 17.0 Å². The molecule has 1 atom stereocenters. The first kappa shape index (κ1) is 11.9. The molecule has 6 nitrogen and oxygen atoms in total. The molecule has 19 heavy (non-hydrogen) atoms. The molecular formula is C12H12N4O2S. The number of fused-ring (bicyclic) bond motifs is 1. The van der Waals surface area contributed by atoms with Gasteiger partial charge in [0.2, 0.25) is 11.8 Å². The van der Waals surface area contributed by atoms with E-state index in [1.165, 1.54) is 0 Å². The number of carbonyl (C=O) groups excluding carboxylic acids is 2. The summed E-state index contributed by atoms with van der Waals surface area (Å²) in [6, 6.07) is 5.51. The van der Waals surface area contributed by atoms with Crippen LogP contribution in [0.4, 0.5) is 5.69 Å². The Morgan fingerprint density at radius 3 is 2.79 bits per heavy atom. The molecule has 0 bridgehead atoms. The molecule has 2 heterocycles. The minimum Gasteiger partial charge on any atom is -0.369 e. The average Bonchev–Trinajstić information content (AvgIpc) is 2.90. The Labute approximate surface area is 113 Å². The summed E-state index contributed by atoms with van der Waals surface area (Å²) in [5.74, 6) is -0.928. The normalized spacial score (nSPS) is 19.3. The van der Waals surface area contributed by atoms with E-state index in [0.717, 1.165) is 16.7 Å². The highest BCUT2D eigenvalue weighted by Crippen LogP contribution is 2.27. The molecule has 1 aromatic carbocycles. The number of nitrogens with one attached hydrogen (secondary N) is 2. The van der Waals surface area contributed by atoms with Crippen molar-refractivity contribution in [3.05, 3.63) is 23.0 Å². The Morgan fingerprint density at radius 1 is 1.37 bits per heavy atom. The van der Waals surface area contributed by atoms with Crippen LogP contribution in [0.1, 0.15) is 6.42 Å². The van der Waals surface area contributed by atoms with Crippen LogP contribution in [0.2, 0.25) is 0 Å². The summed E-state index contributed by atoms with van der Waals surface area (Å²) < 4.78 is 0.537. The van der Waals surface area contributed by atoms with Crippen LogP contribution in [-0.2, 0) is 9.59 Å². The standard InChI is InChI=1S/C12H12N4O2S/c13-11(18)6-3-10(17)16(5-6)7-1-2-8-9(4-7)15-12(19)14-8/h1-2,4,6H,3,5H2,(H2,13,18)(H2,14,15,19). The number of anilines is 1. The summed E-state index contributed by atoms with van der Waals surface area (Å²) in [4.78, 5) is 30.6. The van der Waals surface area contributed by atoms with E-state index in [2.05, 4.69) is 9.97 Å². The maximum atomic E-state index is 11.9. The van der Waals surface area contributed by atoms with E-state index in [-0.39, 0.29) is 12.3 Å². The number of H-pyrrole nitrogens is 2. The highest BCUT2D eigenvalue weighted by molar-refractivity contribution is 7.71. The molecule has 1 aliphatic rings. The molecule has 1 saturated heterocycles. The number of aromatic amines is 2. The fraction of sp³-hybridized carbons (Fsp3) is 0.250. The summed E-state index contributed by atoms with van der Waals surface area (Å²) in [6.07, 6.45) is 0.177. The lowest BCUT2D eigenvalue weighted by molar-refractivity contribution is -0.123. The number of hydrogen-bond acceptors (Lipinski definition) is 3. The highest BCUT2D eigenvalue weighted by atomic mass is 32.1. The quantitative estimate of drug-likeness (QED) is 0.716. The molecule has 4 N–H and O–H groups in total. The highest BCUT2D eigenvalue weighted by Gasteiger charge is 2.33. The van der Waals surface area contributed by atoms with Crippen LogP contribution < -0.4 is 10.6 Å². The third-order valence-electron chi connectivity index (χ3n) is 3.34. The molecule has 1 aromatic heterocycles. The Hall–Kier alpha value is -2.15. The second-order valence-corrected chi connectivity index (χ2v) is 5.03. The van der Waals surface area contributed by atoms with Crippen molar-refractivity contribution in [2.45, 2.75) is 6.42 Å². The maximum Gasteiger partial charge on any atom is 0.227 e. The van der Waals surface area contributed by atoms with E-state index in [9.17, 15) is 9.59 Å². The van der Waals surface area contributed by atoms with Crippen molar-refractivity contribution in [1.29, 1.82) is 0 Å². The Balaban J connectivity index is 1.98. The number of carbonyl (C=O) groups is 2. The number of primary amides is 1. The number of benzene rings is 1. The number of hydrogen-bond donors (Lipinski definition) is 3. The van der Waals surface area contributed by atoms with E-state index in [4.69, 9.17) is 18.0 Å². The molecule has 0 radical (unpaired) electrons. The number of nitrogens with zero attached hydrogens (tertiary/aromatic N) is 1. The van der Waals surface area contributed by atoms with Gasteiger partial charge in [-0.25, -0.2) is 0 Å². The van der Waals surface area contributed by atoms with Crippen molar-refractivity contribution >= 4 is 40.8 Å².